The zero-order valence-electron chi connectivity index (χ0n) is 17.2. The number of hydrogen-bond donors (Lipinski definition) is 1. The molecule has 7 atom stereocenters. The van der Waals surface area contributed by atoms with Gasteiger partial charge in [-0.05, 0) is 49.9 Å². The van der Waals surface area contributed by atoms with E-state index >= 15 is 0 Å². The van der Waals surface area contributed by atoms with Crippen molar-refractivity contribution in [1.29, 1.82) is 0 Å². The Bertz CT molecular complexity index is 774. The number of ether oxygens (including phenoxy) is 3. The number of aliphatic hydroxyl groups excluding tert-OH is 1. The smallest absolute Gasteiger partial charge is 0.323 e. The van der Waals surface area contributed by atoms with Crippen LogP contribution in [-0.2, 0) is 33.4 Å². The lowest BCUT2D eigenvalue weighted by molar-refractivity contribution is -0.204. The highest BCUT2D eigenvalue weighted by Gasteiger charge is 2.74. The molecule has 0 spiro atoms. The van der Waals surface area contributed by atoms with Gasteiger partial charge in [-0.3, -0.25) is 19.2 Å². The van der Waals surface area contributed by atoms with Crippen molar-refractivity contribution in [2.24, 2.45) is 34.0 Å². The van der Waals surface area contributed by atoms with E-state index in [4.69, 9.17) is 14.2 Å². The molecule has 29 heavy (non-hydrogen) atoms. The van der Waals surface area contributed by atoms with Crippen molar-refractivity contribution in [3.63, 3.8) is 0 Å². The quantitative estimate of drug-likeness (QED) is 0.409. The van der Waals surface area contributed by atoms with E-state index in [2.05, 4.69) is 6.92 Å². The van der Waals surface area contributed by atoms with Gasteiger partial charge in [-0.25, -0.2) is 0 Å². The van der Waals surface area contributed by atoms with Gasteiger partial charge < -0.3 is 19.3 Å². The molecule has 160 valence electrons. The van der Waals surface area contributed by atoms with Crippen LogP contribution in [0.25, 0.3) is 0 Å². The molecule has 4 rings (SSSR count). The molecule has 0 aromatic rings. The summed E-state index contributed by atoms with van der Waals surface area (Å²) in [6.07, 6.45) is -0.214. The van der Waals surface area contributed by atoms with Crippen LogP contribution in [0.4, 0.5) is 0 Å². The maximum absolute atomic E-state index is 12.7. The van der Waals surface area contributed by atoms with E-state index in [1.54, 1.807) is 6.92 Å². The van der Waals surface area contributed by atoms with Crippen LogP contribution in [0.5, 0.6) is 0 Å². The highest BCUT2D eigenvalue weighted by molar-refractivity contribution is 6.06. The number of rotatable bonds is 2. The Labute approximate surface area is 169 Å². The van der Waals surface area contributed by atoms with Gasteiger partial charge in [-0.15, -0.1) is 0 Å². The maximum atomic E-state index is 12.7. The topological polar surface area (TPSA) is 116 Å². The summed E-state index contributed by atoms with van der Waals surface area (Å²) in [6.45, 7) is 3.70. The molecule has 0 bridgehead atoms. The Hall–Kier alpha value is -1.96. The van der Waals surface area contributed by atoms with Crippen LogP contribution >= 0.6 is 0 Å². The number of methoxy groups -OCH3 is 2. The first kappa shape index (κ1) is 20.3. The number of ketones is 1. The van der Waals surface area contributed by atoms with Gasteiger partial charge in [0.25, 0.3) is 0 Å². The number of fused-ring (bicyclic) bond motifs is 2. The van der Waals surface area contributed by atoms with Gasteiger partial charge in [0.2, 0.25) is 0 Å². The molecule has 8 nitrogen and oxygen atoms in total. The average Bonchev–Trinajstić information content (AvgIpc) is 3.01. The van der Waals surface area contributed by atoms with Crippen LogP contribution in [0, 0.1) is 34.0 Å². The highest BCUT2D eigenvalue weighted by atomic mass is 16.6. The van der Waals surface area contributed by atoms with E-state index in [-0.39, 0.29) is 31.0 Å². The van der Waals surface area contributed by atoms with E-state index in [0.29, 0.717) is 12.8 Å². The molecule has 3 saturated carbocycles. The second-order valence-corrected chi connectivity index (χ2v) is 9.55. The summed E-state index contributed by atoms with van der Waals surface area (Å²) < 4.78 is 15.4. The fourth-order valence-electron chi connectivity index (χ4n) is 7.10. The van der Waals surface area contributed by atoms with Gasteiger partial charge in [0.05, 0.1) is 20.3 Å². The van der Waals surface area contributed by atoms with E-state index in [1.807, 2.05) is 0 Å². The monoisotopic (exact) mass is 408 g/mol. The minimum absolute atomic E-state index is 0.0527. The lowest BCUT2D eigenvalue weighted by atomic mass is 9.42. The molecule has 1 N–H and O–H groups in total. The van der Waals surface area contributed by atoms with Gasteiger partial charge in [0.15, 0.2) is 5.41 Å². The van der Waals surface area contributed by atoms with Crippen LogP contribution in [-0.4, -0.2) is 55.2 Å². The zero-order chi connectivity index (χ0) is 21.4. The number of hydrogen-bond acceptors (Lipinski definition) is 8. The number of carbonyl (C=O) groups excluding carboxylic acids is 4. The SMILES string of the molecule is COC(=O)C1(C(=O)OC)CC[C@@H]2[C@@H](C1)[C@@H](O)[C@H]1OC(=O)[C@@]3(C)C(=O)CC[C@@]2(C)[C@@H]13. The molecule has 4 aliphatic rings. The molecule has 0 radical (unpaired) electrons. The first-order valence-corrected chi connectivity index (χ1v) is 10.2. The standard InChI is InChI=1S/C21H28O8/c1-19-7-6-12(22)20(2)15(19)14(29-16(20)24)13(23)10-9-21(17(25)27-3,18(26)28-4)8-5-11(10)19/h10-11,13-15,23H,5-9H2,1-4H3/t10-,11-,13-,14-,15-,19-,20+/m1/s1. The molecular formula is C21H28O8. The summed E-state index contributed by atoms with van der Waals surface area (Å²) in [5.41, 5.74) is -3.14. The van der Waals surface area contributed by atoms with Crippen LogP contribution in [0.1, 0.15) is 46.0 Å². The summed E-state index contributed by atoms with van der Waals surface area (Å²) >= 11 is 0. The van der Waals surface area contributed by atoms with Crippen molar-refractivity contribution in [2.45, 2.75) is 58.2 Å². The average molecular weight is 408 g/mol. The Balaban J connectivity index is 1.78. The summed E-state index contributed by atoms with van der Waals surface area (Å²) in [4.78, 5) is 50.6. The second kappa shape index (κ2) is 6.27. The van der Waals surface area contributed by atoms with Crippen LogP contribution in [0.2, 0.25) is 0 Å². The van der Waals surface area contributed by atoms with Gasteiger partial charge in [-0.1, -0.05) is 6.92 Å². The number of esters is 3. The molecule has 1 aliphatic heterocycles. The minimum Gasteiger partial charge on any atom is -0.468 e. The predicted octanol–water partition coefficient (Wildman–Crippen LogP) is 1.03. The Morgan fingerprint density at radius 3 is 2.31 bits per heavy atom. The van der Waals surface area contributed by atoms with Gasteiger partial charge in [0, 0.05) is 12.3 Å². The van der Waals surface area contributed by atoms with Crippen LogP contribution < -0.4 is 0 Å². The van der Waals surface area contributed by atoms with E-state index < -0.39 is 58.2 Å². The fraction of sp³-hybridized carbons (Fsp3) is 0.810. The van der Waals surface area contributed by atoms with Crippen LogP contribution in [0.15, 0.2) is 0 Å². The summed E-state index contributed by atoms with van der Waals surface area (Å²) in [5, 5.41) is 11.2. The molecule has 8 heteroatoms. The predicted molar refractivity (Wildman–Crippen MR) is 97.1 cm³/mol. The van der Waals surface area contributed by atoms with E-state index in [0.717, 1.165) is 0 Å². The van der Waals surface area contributed by atoms with Crippen molar-refractivity contribution in [1.82, 2.24) is 0 Å². The van der Waals surface area contributed by atoms with Crippen molar-refractivity contribution in [2.75, 3.05) is 14.2 Å². The largest absolute Gasteiger partial charge is 0.468 e. The lowest BCUT2D eigenvalue weighted by Crippen LogP contribution is -2.65. The normalized spacial score (nSPS) is 44.9. The van der Waals surface area contributed by atoms with Crippen molar-refractivity contribution in [3.8, 4) is 0 Å². The molecule has 3 aliphatic carbocycles. The summed E-state index contributed by atoms with van der Waals surface area (Å²) in [5.74, 6) is -2.96. The van der Waals surface area contributed by atoms with Crippen molar-refractivity contribution < 1.29 is 38.5 Å². The third-order valence-corrected chi connectivity index (χ3v) is 8.56. The molecule has 0 unspecified atom stereocenters. The number of aliphatic hydroxyl groups is 1. The fourth-order valence-corrected chi connectivity index (χ4v) is 7.10. The molecule has 0 amide bonds. The highest BCUT2D eigenvalue weighted by Crippen LogP contribution is 2.67. The lowest BCUT2D eigenvalue weighted by Gasteiger charge is -2.60. The molecular weight excluding hydrogens is 380 g/mol. The van der Waals surface area contributed by atoms with Gasteiger partial charge in [0.1, 0.15) is 17.3 Å². The molecule has 0 aromatic heterocycles. The minimum atomic E-state index is -1.48. The van der Waals surface area contributed by atoms with Crippen LogP contribution in [0.3, 0.4) is 0 Å². The third-order valence-electron chi connectivity index (χ3n) is 8.56. The Morgan fingerprint density at radius 1 is 1.10 bits per heavy atom. The first-order chi connectivity index (χ1) is 13.6. The summed E-state index contributed by atoms with van der Waals surface area (Å²) in [7, 11) is 2.45. The first-order valence-electron chi connectivity index (χ1n) is 10.2. The van der Waals surface area contributed by atoms with E-state index in [1.165, 1.54) is 14.2 Å². The van der Waals surface area contributed by atoms with E-state index in [9.17, 15) is 24.3 Å². The number of carbonyl (C=O) groups is 4. The summed E-state index contributed by atoms with van der Waals surface area (Å²) in [6, 6.07) is 0. The van der Waals surface area contributed by atoms with Crippen molar-refractivity contribution in [3.05, 3.63) is 0 Å². The zero-order valence-corrected chi connectivity index (χ0v) is 17.2. The molecule has 1 heterocycles. The third kappa shape index (κ3) is 2.29. The van der Waals surface area contributed by atoms with Gasteiger partial charge >= 0.3 is 17.9 Å². The molecule has 1 saturated heterocycles. The Kier molecular flexibility index (Phi) is 4.39. The molecule has 4 fully saturated rings. The van der Waals surface area contributed by atoms with Crippen molar-refractivity contribution >= 4 is 23.7 Å². The maximum Gasteiger partial charge on any atom is 0.323 e. The van der Waals surface area contributed by atoms with Gasteiger partial charge in [-0.2, -0.15) is 0 Å². The molecule has 0 aromatic carbocycles. The Morgan fingerprint density at radius 2 is 1.72 bits per heavy atom. The number of Topliss-reactive ketones (excluding diaryl/α,β-unsaturated/α-hetero) is 1. The second-order valence-electron chi connectivity index (χ2n) is 9.55.